The van der Waals surface area contributed by atoms with E-state index in [0.29, 0.717) is 50.2 Å². The van der Waals surface area contributed by atoms with Crippen molar-refractivity contribution in [3.05, 3.63) is 77.8 Å². The van der Waals surface area contributed by atoms with Crippen LogP contribution in [-0.2, 0) is 22.6 Å². The molecular weight excluding hydrogens is 435 g/mol. The molecule has 3 aromatic rings. The minimum absolute atomic E-state index is 0.313. The lowest BCUT2D eigenvalue weighted by molar-refractivity contribution is 0.145. The smallest absolute Gasteiger partial charge is 0.227 e. The summed E-state index contributed by atoms with van der Waals surface area (Å²) < 4.78 is 31.1. The highest BCUT2D eigenvalue weighted by Crippen LogP contribution is 2.27. The number of hydrogen-bond donors (Lipinski definition) is 1. The molecule has 1 N–H and O–H groups in total. The van der Waals surface area contributed by atoms with E-state index in [2.05, 4.69) is 26.3 Å². The highest BCUT2D eigenvalue weighted by Gasteiger charge is 2.11. The van der Waals surface area contributed by atoms with E-state index in [0.717, 1.165) is 29.1 Å². The molecule has 2 aromatic carbocycles. The maximum atomic E-state index is 14.3. The lowest BCUT2D eigenvalue weighted by Crippen LogP contribution is -2.19. The molecule has 178 valence electrons. The Morgan fingerprint density at radius 2 is 2.03 bits per heavy atom. The van der Waals surface area contributed by atoms with Crippen LogP contribution in [0.4, 0.5) is 16.0 Å². The van der Waals surface area contributed by atoms with Crippen molar-refractivity contribution in [1.82, 2.24) is 14.9 Å². The predicted molar refractivity (Wildman–Crippen MR) is 130 cm³/mol. The van der Waals surface area contributed by atoms with Crippen molar-refractivity contribution in [3.63, 3.8) is 0 Å². The molecule has 8 heteroatoms. The molecule has 1 aliphatic rings. The van der Waals surface area contributed by atoms with Gasteiger partial charge in [-0.3, -0.25) is 4.90 Å². The zero-order chi connectivity index (χ0) is 23.8. The van der Waals surface area contributed by atoms with Gasteiger partial charge in [0.15, 0.2) is 0 Å². The maximum absolute atomic E-state index is 14.3. The molecule has 0 unspecified atom stereocenters. The Morgan fingerprint density at radius 3 is 2.91 bits per heavy atom. The van der Waals surface area contributed by atoms with E-state index in [1.807, 2.05) is 37.4 Å². The van der Waals surface area contributed by atoms with E-state index in [-0.39, 0.29) is 5.82 Å². The molecule has 7 nitrogen and oxygen atoms in total. The number of aromatic nitrogens is 2. The standard InChI is InChI=1S/C26H29FN4O3/c1-31-9-3-4-10-33-18-19-13-20(15-22(27)14-19)24-7-8-28-26(30-24)29-23-5-6-25(21(16-23)17-31)34-12-11-32-2/h3-8,13-16H,9-12,17-18H2,1-2H3,(H,28,29,30)/b4-3+. The van der Waals surface area contributed by atoms with Gasteiger partial charge in [0.1, 0.15) is 18.2 Å². The first-order valence-electron chi connectivity index (χ1n) is 11.2. The van der Waals surface area contributed by atoms with E-state index in [4.69, 9.17) is 14.2 Å². The minimum atomic E-state index is -0.329. The Kier molecular flexibility index (Phi) is 8.19. The summed E-state index contributed by atoms with van der Waals surface area (Å²) in [7, 11) is 3.70. The van der Waals surface area contributed by atoms with E-state index < -0.39 is 0 Å². The fraction of sp³-hybridized carbons (Fsp3) is 0.308. The van der Waals surface area contributed by atoms with Gasteiger partial charge in [0.25, 0.3) is 0 Å². The molecule has 0 aliphatic carbocycles. The van der Waals surface area contributed by atoms with Crippen molar-refractivity contribution in [2.75, 3.05) is 45.8 Å². The van der Waals surface area contributed by atoms with Gasteiger partial charge in [-0.1, -0.05) is 12.2 Å². The number of fused-ring (bicyclic) bond motifs is 7. The average molecular weight is 465 g/mol. The first kappa shape index (κ1) is 23.8. The predicted octanol–water partition coefficient (Wildman–Crippen LogP) is 4.57. The second-order valence-corrected chi connectivity index (χ2v) is 8.09. The van der Waals surface area contributed by atoms with Crippen LogP contribution in [0.15, 0.2) is 60.8 Å². The van der Waals surface area contributed by atoms with Crippen molar-refractivity contribution < 1.29 is 18.6 Å². The van der Waals surface area contributed by atoms with Crippen LogP contribution >= 0.6 is 0 Å². The topological polar surface area (TPSA) is 68.7 Å². The van der Waals surface area contributed by atoms with Crippen molar-refractivity contribution in [1.29, 1.82) is 0 Å². The van der Waals surface area contributed by atoms with Gasteiger partial charge in [0, 0.05) is 43.2 Å². The summed E-state index contributed by atoms with van der Waals surface area (Å²) in [5.41, 5.74) is 3.91. The van der Waals surface area contributed by atoms with Gasteiger partial charge in [-0.05, 0) is 55.1 Å². The maximum Gasteiger partial charge on any atom is 0.227 e. The third-order valence-electron chi connectivity index (χ3n) is 5.28. The second kappa shape index (κ2) is 11.7. The number of hydrogen-bond acceptors (Lipinski definition) is 7. The van der Waals surface area contributed by atoms with Crippen LogP contribution in [0.5, 0.6) is 5.75 Å². The van der Waals surface area contributed by atoms with E-state index in [9.17, 15) is 4.39 Å². The zero-order valence-corrected chi connectivity index (χ0v) is 19.5. The summed E-state index contributed by atoms with van der Waals surface area (Å²) in [5, 5.41) is 3.27. The Labute approximate surface area is 199 Å². The first-order chi connectivity index (χ1) is 16.6. The molecule has 34 heavy (non-hydrogen) atoms. The summed E-state index contributed by atoms with van der Waals surface area (Å²) in [6.07, 6.45) is 5.70. The third kappa shape index (κ3) is 6.60. The van der Waals surface area contributed by atoms with Crippen LogP contribution in [0.3, 0.4) is 0 Å². The largest absolute Gasteiger partial charge is 0.491 e. The zero-order valence-electron chi connectivity index (χ0n) is 19.5. The third-order valence-corrected chi connectivity index (χ3v) is 5.28. The number of rotatable bonds is 4. The normalized spacial score (nSPS) is 15.6. The summed E-state index contributed by atoms with van der Waals surface area (Å²) in [4.78, 5) is 11.1. The number of nitrogens with zero attached hydrogens (tertiary/aromatic N) is 3. The van der Waals surface area contributed by atoms with Gasteiger partial charge >= 0.3 is 0 Å². The van der Waals surface area contributed by atoms with Gasteiger partial charge in [-0.2, -0.15) is 0 Å². The fourth-order valence-corrected chi connectivity index (χ4v) is 3.67. The van der Waals surface area contributed by atoms with Crippen molar-refractivity contribution in [2.45, 2.75) is 13.2 Å². The number of likely N-dealkylation sites (N-methyl/N-ethyl adjacent to an activating group) is 1. The number of benzene rings is 2. The Balaban J connectivity index is 1.68. The Bertz CT molecular complexity index is 1140. The Morgan fingerprint density at radius 1 is 1.12 bits per heavy atom. The van der Waals surface area contributed by atoms with Crippen LogP contribution < -0.4 is 10.1 Å². The van der Waals surface area contributed by atoms with Crippen molar-refractivity contribution in [2.24, 2.45) is 0 Å². The molecule has 0 saturated heterocycles. The number of ether oxygens (including phenoxy) is 3. The van der Waals surface area contributed by atoms with E-state index in [1.54, 1.807) is 19.4 Å². The van der Waals surface area contributed by atoms with E-state index in [1.165, 1.54) is 12.1 Å². The SMILES string of the molecule is COCCOc1ccc2cc1CN(C)C/C=C/COCc1cc(F)cc(c1)-c1ccnc(n1)N2. The molecule has 6 bridgehead atoms. The summed E-state index contributed by atoms with van der Waals surface area (Å²) >= 11 is 0. The van der Waals surface area contributed by atoms with Gasteiger partial charge in [0.05, 0.1) is 25.5 Å². The quantitative estimate of drug-likeness (QED) is 0.448. The van der Waals surface area contributed by atoms with Crippen molar-refractivity contribution >= 4 is 11.6 Å². The monoisotopic (exact) mass is 464 g/mol. The molecular formula is C26H29FN4O3. The molecule has 0 radical (unpaired) electrons. The molecule has 2 heterocycles. The summed E-state index contributed by atoms with van der Waals surface area (Å²) in [6.45, 7) is 3.18. The van der Waals surface area contributed by atoms with Crippen LogP contribution in [0, 0.1) is 5.82 Å². The number of nitrogens with one attached hydrogen (secondary N) is 1. The number of halogens is 1. The molecule has 0 spiro atoms. The molecule has 1 aromatic heterocycles. The van der Waals surface area contributed by atoms with Gasteiger partial charge < -0.3 is 19.5 Å². The van der Waals surface area contributed by atoms with Crippen LogP contribution in [-0.4, -0.2) is 55.4 Å². The van der Waals surface area contributed by atoms with Crippen LogP contribution in [0.1, 0.15) is 11.1 Å². The highest BCUT2D eigenvalue weighted by molar-refractivity contribution is 5.63. The minimum Gasteiger partial charge on any atom is -0.491 e. The lowest BCUT2D eigenvalue weighted by Gasteiger charge is -2.19. The van der Waals surface area contributed by atoms with Gasteiger partial charge in [-0.25, -0.2) is 14.4 Å². The molecule has 4 rings (SSSR count). The molecule has 0 amide bonds. The molecule has 0 saturated carbocycles. The first-order valence-corrected chi connectivity index (χ1v) is 11.2. The summed E-state index contributed by atoms with van der Waals surface area (Å²) in [6, 6.07) is 12.5. The fourth-order valence-electron chi connectivity index (χ4n) is 3.67. The lowest BCUT2D eigenvalue weighted by atomic mass is 10.1. The molecule has 0 fully saturated rings. The van der Waals surface area contributed by atoms with E-state index >= 15 is 0 Å². The Hall–Kier alpha value is -3.33. The van der Waals surface area contributed by atoms with Crippen molar-refractivity contribution in [3.8, 4) is 17.0 Å². The second-order valence-electron chi connectivity index (χ2n) is 8.09. The summed E-state index contributed by atoms with van der Waals surface area (Å²) in [5.74, 6) is 0.901. The number of anilines is 2. The average Bonchev–Trinajstić information content (AvgIpc) is 2.82. The number of methoxy groups -OCH3 is 1. The van der Waals surface area contributed by atoms with Crippen LogP contribution in [0.2, 0.25) is 0 Å². The molecule has 1 aliphatic heterocycles. The van der Waals surface area contributed by atoms with Gasteiger partial charge in [0.2, 0.25) is 5.95 Å². The van der Waals surface area contributed by atoms with Gasteiger partial charge in [-0.15, -0.1) is 0 Å². The molecule has 0 atom stereocenters. The van der Waals surface area contributed by atoms with Crippen LogP contribution in [0.25, 0.3) is 11.3 Å². The highest BCUT2D eigenvalue weighted by atomic mass is 19.1.